The van der Waals surface area contributed by atoms with Crippen molar-refractivity contribution in [2.45, 2.75) is 0 Å². The zero-order valence-electron chi connectivity index (χ0n) is 9.65. The monoisotopic (exact) mass is 243 g/mol. The predicted octanol–water partition coefficient (Wildman–Crippen LogP) is 2.63. The SMILES string of the molecule is C=Cc1ccccn1.O=Cc1c(O)cccc1O. The summed E-state index contributed by atoms with van der Waals surface area (Å²) in [5, 5.41) is 17.8. The molecule has 2 aromatic rings. The molecule has 0 fully saturated rings. The van der Waals surface area contributed by atoms with Crippen molar-refractivity contribution in [3.8, 4) is 11.5 Å². The standard InChI is InChI=1S/C7H7N.C7H6O3/c1-2-7-5-3-4-6-8-7;8-4-5-6(9)2-1-3-7(5)10/h2-6H,1H2;1-4,9-10H. The molecule has 1 aromatic carbocycles. The number of benzene rings is 1. The van der Waals surface area contributed by atoms with Crippen molar-refractivity contribution in [3.63, 3.8) is 0 Å². The minimum absolute atomic E-state index is 0.0671. The van der Waals surface area contributed by atoms with Crippen molar-refractivity contribution in [1.82, 2.24) is 4.98 Å². The van der Waals surface area contributed by atoms with Crippen molar-refractivity contribution >= 4 is 12.4 Å². The van der Waals surface area contributed by atoms with Crippen LogP contribution < -0.4 is 0 Å². The number of hydrogen-bond donors (Lipinski definition) is 2. The van der Waals surface area contributed by atoms with Gasteiger partial charge in [-0.25, -0.2) is 0 Å². The average Bonchev–Trinajstić information content (AvgIpc) is 2.41. The van der Waals surface area contributed by atoms with Crippen LogP contribution in [0.4, 0.5) is 0 Å². The third-order valence-electron chi connectivity index (χ3n) is 2.07. The first-order valence-electron chi connectivity index (χ1n) is 5.18. The second-order valence-electron chi connectivity index (χ2n) is 3.29. The Bertz CT molecular complexity index is 504. The van der Waals surface area contributed by atoms with E-state index in [9.17, 15) is 4.79 Å². The van der Waals surface area contributed by atoms with E-state index < -0.39 is 0 Å². The molecular weight excluding hydrogens is 230 g/mol. The summed E-state index contributed by atoms with van der Waals surface area (Å²) in [4.78, 5) is 14.1. The van der Waals surface area contributed by atoms with Crippen LogP contribution >= 0.6 is 0 Å². The maximum Gasteiger partial charge on any atom is 0.157 e. The van der Waals surface area contributed by atoms with E-state index in [4.69, 9.17) is 10.2 Å². The summed E-state index contributed by atoms with van der Waals surface area (Å²) in [6.45, 7) is 3.57. The highest BCUT2D eigenvalue weighted by molar-refractivity contribution is 5.83. The van der Waals surface area contributed by atoms with E-state index in [1.165, 1.54) is 18.2 Å². The third kappa shape index (κ3) is 3.75. The number of hydrogen-bond acceptors (Lipinski definition) is 4. The molecule has 0 atom stereocenters. The number of aromatic hydroxyl groups is 2. The number of pyridine rings is 1. The van der Waals surface area contributed by atoms with Gasteiger partial charge in [0.25, 0.3) is 0 Å². The number of carbonyl (C=O) groups is 1. The largest absolute Gasteiger partial charge is 0.507 e. The first-order valence-corrected chi connectivity index (χ1v) is 5.18. The molecule has 4 heteroatoms. The van der Waals surface area contributed by atoms with Gasteiger partial charge in [0.2, 0.25) is 0 Å². The van der Waals surface area contributed by atoms with Crippen LogP contribution in [0.5, 0.6) is 11.5 Å². The molecule has 0 amide bonds. The van der Waals surface area contributed by atoms with Gasteiger partial charge in [0.1, 0.15) is 11.5 Å². The number of carbonyl (C=O) groups excluding carboxylic acids is 1. The van der Waals surface area contributed by atoms with E-state index in [-0.39, 0.29) is 17.1 Å². The van der Waals surface area contributed by atoms with Crippen LogP contribution in [0.2, 0.25) is 0 Å². The summed E-state index contributed by atoms with van der Waals surface area (Å²) in [5.41, 5.74) is 0.856. The van der Waals surface area contributed by atoms with Gasteiger partial charge >= 0.3 is 0 Å². The smallest absolute Gasteiger partial charge is 0.157 e. The van der Waals surface area contributed by atoms with Crippen LogP contribution in [-0.4, -0.2) is 21.5 Å². The third-order valence-corrected chi connectivity index (χ3v) is 2.07. The molecule has 0 spiro atoms. The lowest BCUT2D eigenvalue weighted by Crippen LogP contribution is -1.80. The molecule has 2 rings (SSSR count). The Kier molecular flexibility index (Phi) is 5.12. The topological polar surface area (TPSA) is 70.4 Å². The van der Waals surface area contributed by atoms with E-state index in [2.05, 4.69) is 11.6 Å². The molecule has 0 aliphatic rings. The molecule has 0 saturated heterocycles. The molecule has 0 aliphatic carbocycles. The van der Waals surface area contributed by atoms with Crippen LogP contribution in [0.1, 0.15) is 16.1 Å². The highest BCUT2D eigenvalue weighted by Crippen LogP contribution is 2.23. The van der Waals surface area contributed by atoms with Gasteiger partial charge in [0.15, 0.2) is 6.29 Å². The van der Waals surface area contributed by atoms with Gasteiger partial charge in [-0.3, -0.25) is 9.78 Å². The van der Waals surface area contributed by atoms with Crippen molar-refractivity contribution in [2.24, 2.45) is 0 Å². The molecule has 4 nitrogen and oxygen atoms in total. The molecule has 0 unspecified atom stereocenters. The van der Waals surface area contributed by atoms with E-state index in [1.807, 2.05) is 18.2 Å². The highest BCUT2D eigenvalue weighted by Gasteiger charge is 2.02. The van der Waals surface area contributed by atoms with Crippen LogP contribution in [0, 0.1) is 0 Å². The molecule has 0 aliphatic heterocycles. The lowest BCUT2D eigenvalue weighted by molar-refractivity contribution is 0.111. The van der Waals surface area contributed by atoms with Crippen LogP contribution in [0.3, 0.4) is 0 Å². The molecule has 0 saturated carbocycles. The Morgan fingerprint density at radius 3 is 2.06 bits per heavy atom. The minimum atomic E-state index is -0.199. The Balaban J connectivity index is 0.000000184. The number of nitrogens with zero attached hydrogens (tertiary/aromatic N) is 1. The van der Waals surface area contributed by atoms with E-state index in [1.54, 1.807) is 12.3 Å². The quantitative estimate of drug-likeness (QED) is 0.795. The van der Waals surface area contributed by atoms with E-state index >= 15 is 0 Å². The summed E-state index contributed by atoms with van der Waals surface area (Å²) in [6.07, 6.45) is 3.88. The Hall–Kier alpha value is -2.62. The maximum absolute atomic E-state index is 10.1. The Labute approximate surface area is 105 Å². The molecule has 1 aromatic heterocycles. The van der Waals surface area contributed by atoms with Gasteiger partial charge in [0, 0.05) is 6.20 Å². The van der Waals surface area contributed by atoms with Gasteiger partial charge in [-0.05, 0) is 30.3 Å². The van der Waals surface area contributed by atoms with Crippen LogP contribution in [-0.2, 0) is 0 Å². The summed E-state index contributed by atoms with van der Waals surface area (Å²) >= 11 is 0. The van der Waals surface area contributed by atoms with E-state index in [0.29, 0.717) is 6.29 Å². The van der Waals surface area contributed by atoms with Gasteiger partial charge in [-0.15, -0.1) is 0 Å². The fourth-order valence-electron chi connectivity index (χ4n) is 1.16. The molecular formula is C14H13NO3. The second kappa shape index (κ2) is 6.85. The number of phenols is 2. The van der Waals surface area contributed by atoms with Crippen molar-refractivity contribution in [3.05, 3.63) is 60.4 Å². The van der Waals surface area contributed by atoms with Gasteiger partial charge in [0.05, 0.1) is 11.3 Å². The molecule has 0 radical (unpaired) electrons. The first-order chi connectivity index (χ1) is 8.69. The Morgan fingerprint density at radius 1 is 1.06 bits per heavy atom. The van der Waals surface area contributed by atoms with Crippen molar-refractivity contribution in [1.29, 1.82) is 0 Å². The first kappa shape index (κ1) is 13.4. The molecule has 18 heavy (non-hydrogen) atoms. The number of aromatic nitrogens is 1. The molecule has 0 bridgehead atoms. The predicted molar refractivity (Wildman–Crippen MR) is 69.5 cm³/mol. The molecule has 1 heterocycles. The molecule has 92 valence electrons. The van der Waals surface area contributed by atoms with Crippen LogP contribution in [0.15, 0.2) is 49.2 Å². The zero-order valence-corrected chi connectivity index (χ0v) is 9.65. The lowest BCUT2D eigenvalue weighted by Gasteiger charge is -1.97. The normalized spacial score (nSPS) is 8.89. The maximum atomic E-state index is 10.1. The molecule has 2 N–H and O–H groups in total. The fraction of sp³-hybridized carbons (Fsp3) is 0. The van der Waals surface area contributed by atoms with Gasteiger partial charge < -0.3 is 10.2 Å². The number of aldehydes is 1. The second-order valence-corrected chi connectivity index (χ2v) is 3.29. The van der Waals surface area contributed by atoms with Crippen LogP contribution in [0.25, 0.3) is 6.08 Å². The van der Waals surface area contributed by atoms with Gasteiger partial charge in [-0.2, -0.15) is 0 Å². The summed E-state index contributed by atoms with van der Waals surface area (Å²) in [5.74, 6) is -0.398. The summed E-state index contributed by atoms with van der Waals surface area (Å²) in [6, 6.07) is 9.86. The summed E-state index contributed by atoms with van der Waals surface area (Å²) in [7, 11) is 0. The van der Waals surface area contributed by atoms with Gasteiger partial charge in [-0.1, -0.05) is 18.7 Å². The fourth-order valence-corrected chi connectivity index (χ4v) is 1.16. The number of rotatable bonds is 2. The number of phenolic OH excluding ortho intramolecular Hbond substituents is 2. The summed E-state index contributed by atoms with van der Waals surface area (Å²) < 4.78 is 0. The lowest BCUT2D eigenvalue weighted by atomic mass is 10.2. The van der Waals surface area contributed by atoms with Crippen molar-refractivity contribution in [2.75, 3.05) is 0 Å². The van der Waals surface area contributed by atoms with Crippen molar-refractivity contribution < 1.29 is 15.0 Å². The zero-order chi connectivity index (χ0) is 13.4. The minimum Gasteiger partial charge on any atom is -0.507 e. The Morgan fingerprint density at radius 2 is 1.72 bits per heavy atom. The average molecular weight is 243 g/mol. The van der Waals surface area contributed by atoms with E-state index in [0.717, 1.165) is 5.69 Å². The highest BCUT2D eigenvalue weighted by atomic mass is 16.3.